The molecule has 0 aliphatic heterocycles. The zero-order valence-electron chi connectivity index (χ0n) is 4.19. The normalized spacial score (nSPS) is 9.44. The Kier molecular flexibility index (Phi) is 1.65. The second-order valence-electron chi connectivity index (χ2n) is 1.32. The Morgan fingerprint density at radius 1 is 1.89 bits per heavy atom. The highest BCUT2D eigenvalue weighted by molar-refractivity contribution is 14.1. The van der Waals surface area contributed by atoms with Crippen molar-refractivity contribution in [1.82, 2.24) is 7.99 Å². The van der Waals surface area contributed by atoms with Crippen molar-refractivity contribution in [2.24, 2.45) is 0 Å². The monoisotopic (exact) mass is 239 g/mol. The molecule has 1 heterocycles. The van der Waals surface area contributed by atoms with Gasteiger partial charge in [0.2, 0.25) is 0 Å². The Hall–Kier alpha value is -0.660. The molecule has 0 bridgehead atoms. The molecule has 0 saturated heterocycles. The van der Waals surface area contributed by atoms with Gasteiger partial charge in [0.05, 0.1) is 17.4 Å². The third-order valence-electron chi connectivity index (χ3n) is 0.732. The molecule has 5 nitrogen and oxygen atoms in total. The third-order valence-corrected chi connectivity index (χ3v) is 1.27. The summed E-state index contributed by atoms with van der Waals surface area (Å²) in [4.78, 5) is 9.41. The molecule has 0 unspecified atom stereocenters. The second kappa shape index (κ2) is 2.29. The van der Waals surface area contributed by atoms with E-state index in [2.05, 4.69) is 5.10 Å². The van der Waals surface area contributed by atoms with Crippen LogP contribution in [-0.4, -0.2) is 12.9 Å². The van der Waals surface area contributed by atoms with Crippen molar-refractivity contribution in [3.8, 4) is 0 Å². The summed E-state index contributed by atoms with van der Waals surface area (Å²) in [7, 11) is 0. The van der Waals surface area contributed by atoms with Crippen molar-refractivity contribution in [1.29, 1.82) is 0 Å². The van der Waals surface area contributed by atoms with Gasteiger partial charge in [0.15, 0.2) is 0 Å². The summed E-state index contributed by atoms with van der Waals surface area (Å²) >= 11 is 1.84. The van der Waals surface area contributed by atoms with Crippen molar-refractivity contribution < 1.29 is 4.92 Å². The summed E-state index contributed by atoms with van der Waals surface area (Å²) < 4.78 is 1.36. The molecular formula is C3H2IN3O2. The largest absolute Gasteiger partial charge is 0.390 e. The molecule has 0 atom stereocenters. The minimum atomic E-state index is -0.533. The van der Waals surface area contributed by atoms with Gasteiger partial charge in [-0.05, 0) is 4.92 Å². The summed E-state index contributed by atoms with van der Waals surface area (Å²) in [5, 5.41) is 13.5. The standard InChI is InChI=1S/C3H2IN3O2/c4-6-2-1-3(5-6)7(8)9/h1-2H. The highest BCUT2D eigenvalue weighted by Gasteiger charge is 2.07. The van der Waals surface area contributed by atoms with E-state index in [1.54, 1.807) is 0 Å². The van der Waals surface area contributed by atoms with Crippen LogP contribution in [0.25, 0.3) is 0 Å². The van der Waals surface area contributed by atoms with Gasteiger partial charge in [0.1, 0.15) is 22.9 Å². The summed E-state index contributed by atoms with van der Waals surface area (Å²) in [5.41, 5.74) is 0. The molecule has 0 aromatic carbocycles. The molecule has 0 radical (unpaired) electrons. The Morgan fingerprint density at radius 2 is 2.56 bits per heavy atom. The van der Waals surface area contributed by atoms with Gasteiger partial charge in [-0.3, -0.25) is 0 Å². The van der Waals surface area contributed by atoms with E-state index in [1.165, 1.54) is 15.2 Å². The number of rotatable bonds is 1. The van der Waals surface area contributed by atoms with Crippen molar-refractivity contribution in [3.05, 3.63) is 22.4 Å². The van der Waals surface area contributed by atoms with Gasteiger partial charge < -0.3 is 10.1 Å². The molecule has 0 fully saturated rings. The first-order chi connectivity index (χ1) is 4.20. The lowest BCUT2D eigenvalue weighted by Gasteiger charge is -1.81. The van der Waals surface area contributed by atoms with Crippen molar-refractivity contribution in [3.63, 3.8) is 0 Å². The van der Waals surface area contributed by atoms with Crippen LogP contribution in [0.15, 0.2) is 12.3 Å². The topological polar surface area (TPSA) is 61.0 Å². The molecule has 1 aromatic rings. The van der Waals surface area contributed by atoms with E-state index in [0.29, 0.717) is 0 Å². The molecule has 1 aromatic heterocycles. The van der Waals surface area contributed by atoms with Crippen LogP contribution < -0.4 is 0 Å². The first-order valence-corrected chi connectivity index (χ1v) is 3.03. The van der Waals surface area contributed by atoms with E-state index in [-0.39, 0.29) is 5.82 Å². The smallest absolute Gasteiger partial charge is 0.358 e. The molecule has 0 aliphatic rings. The Balaban J connectivity index is 2.98. The third kappa shape index (κ3) is 1.37. The maximum Gasteiger partial charge on any atom is 0.390 e. The van der Waals surface area contributed by atoms with Crippen LogP contribution in [0, 0.1) is 10.1 Å². The minimum Gasteiger partial charge on any atom is -0.358 e. The zero-order valence-corrected chi connectivity index (χ0v) is 6.35. The van der Waals surface area contributed by atoms with E-state index in [4.69, 9.17) is 0 Å². The van der Waals surface area contributed by atoms with E-state index in [9.17, 15) is 10.1 Å². The van der Waals surface area contributed by atoms with Gasteiger partial charge in [0, 0.05) is 0 Å². The number of nitrogens with zero attached hydrogens (tertiary/aromatic N) is 3. The quantitative estimate of drug-likeness (QED) is 0.417. The van der Waals surface area contributed by atoms with E-state index >= 15 is 0 Å². The molecule has 9 heavy (non-hydrogen) atoms. The summed E-state index contributed by atoms with van der Waals surface area (Å²) in [6.07, 6.45) is 1.51. The molecule has 0 amide bonds. The Bertz CT molecular complexity index is 233. The van der Waals surface area contributed by atoms with Crippen LogP contribution in [0.4, 0.5) is 5.82 Å². The minimum absolute atomic E-state index is 0.121. The number of halogens is 1. The molecular weight excluding hydrogens is 237 g/mol. The fraction of sp³-hybridized carbons (Fsp3) is 0. The SMILES string of the molecule is O=[N+]([O-])c1ccn(I)n1. The van der Waals surface area contributed by atoms with Crippen LogP contribution in [0.3, 0.4) is 0 Å². The Morgan fingerprint density at radius 3 is 2.78 bits per heavy atom. The summed E-state index contributed by atoms with van der Waals surface area (Å²) in [6.45, 7) is 0. The molecule has 0 aliphatic carbocycles. The lowest BCUT2D eigenvalue weighted by atomic mass is 10.7. The number of hydrogen-bond acceptors (Lipinski definition) is 3. The fourth-order valence-electron chi connectivity index (χ4n) is 0.390. The highest BCUT2D eigenvalue weighted by atomic mass is 127. The van der Waals surface area contributed by atoms with Crippen LogP contribution in [0.2, 0.25) is 0 Å². The fourth-order valence-corrected chi connectivity index (χ4v) is 0.772. The molecule has 0 N–H and O–H groups in total. The van der Waals surface area contributed by atoms with E-state index in [1.807, 2.05) is 22.9 Å². The average Bonchev–Trinajstić information content (AvgIpc) is 2.14. The molecule has 1 rings (SSSR count). The van der Waals surface area contributed by atoms with Crippen molar-refractivity contribution >= 4 is 28.7 Å². The average molecular weight is 239 g/mol. The summed E-state index contributed by atoms with van der Waals surface area (Å²) in [5.74, 6) is -0.121. The van der Waals surface area contributed by atoms with E-state index in [0.717, 1.165) is 0 Å². The van der Waals surface area contributed by atoms with Crippen molar-refractivity contribution in [2.75, 3.05) is 0 Å². The van der Waals surface area contributed by atoms with Gasteiger partial charge in [-0.25, -0.2) is 0 Å². The molecule has 0 saturated carbocycles. The van der Waals surface area contributed by atoms with Crippen LogP contribution in [-0.2, 0) is 0 Å². The maximum atomic E-state index is 9.94. The molecule has 0 spiro atoms. The van der Waals surface area contributed by atoms with Gasteiger partial charge in [0.25, 0.3) is 0 Å². The van der Waals surface area contributed by atoms with Gasteiger partial charge in [-0.2, -0.15) is 0 Å². The zero-order chi connectivity index (χ0) is 6.85. The lowest BCUT2D eigenvalue weighted by molar-refractivity contribution is -0.389. The van der Waals surface area contributed by atoms with E-state index < -0.39 is 4.92 Å². The number of aromatic nitrogens is 2. The van der Waals surface area contributed by atoms with Crippen LogP contribution in [0.1, 0.15) is 0 Å². The number of hydrogen-bond donors (Lipinski definition) is 0. The number of nitro groups is 1. The summed E-state index contributed by atoms with van der Waals surface area (Å²) in [6, 6.07) is 1.34. The van der Waals surface area contributed by atoms with Crippen LogP contribution >= 0.6 is 22.9 Å². The van der Waals surface area contributed by atoms with Crippen LogP contribution in [0.5, 0.6) is 0 Å². The highest BCUT2D eigenvalue weighted by Crippen LogP contribution is 2.06. The molecule has 6 heteroatoms. The van der Waals surface area contributed by atoms with Gasteiger partial charge in [-0.15, -0.1) is 2.90 Å². The van der Waals surface area contributed by atoms with Crippen molar-refractivity contribution in [2.45, 2.75) is 0 Å². The first-order valence-electron chi connectivity index (χ1n) is 2.06. The van der Waals surface area contributed by atoms with Gasteiger partial charge in [-0.1, -0.05) is 0 Å². The van der Waals surface area contributed by atoms with Gasteiger partial charge >= 0.3 is 5.82 Å². The predicted molar refractivity (Wildman–Crippen MR) is 38.3 cm³/mol. The lowest BCUT2D eigenvalue weighted by Crippen LogP contribution is -1.88. The Labute approximate surface area is 64.3 Å². The maximum absolute atomic E-state index is 9.94. The second-order valence-corrected chi connectivity index (χ2v) is 2.31. The first kappa shape index (κ1) is 6.46. The molecule has 48 valence electrons. The predicted octanol–water partition coefficient (Wildman–Crippen LogP) is 0.989.